The molecule has 1 aromatic heterocycles. The molecule has 10 heteroatoms. The second-order valence-electron chi connectivity index (χ2n) is 7.57. The fourth-order valence-corrected chi connectivity index (χ4v) is 5.17. The molecule has 1 amide bonds. The largest absolute Gasteiger partial charge is 0.444 e. The Balaban J connectivity index is 1.40. The quantitative estimate of drug-likeness (QED) is 0.679. The van der Waals surface area contributed by atoms with E-state index in [4.69, 9.17) is 9.47 Å². The molecular formula is C19H24N4O5S. The summed E-state index contributed by atoms with van der Waals surface area (Å²) in [6.45, 7) is 4.06. The van der Waals surface area contributed by atoms with Crippen LogP contribution in [0.3, 0.4) is 0 Å². The molecule has 3 heterocycles. The van der Waals surface area contributed by atoms with Crippen molar-refractivity contribution in [3.05, 3.63) is 35.5 Å². The molecule has 1 unspecified atom stereocenters. The first-order valence-electron chi connectivity index (χ1n) is 9.57. The van der Waals surface area contributed by atoms with Crippen LogP contribution in [-0.4, -0.2) is 49.2 Å². The van der Waals surface area contributed by atoms with E-state index in [0.717, 1.165) is 16.9 Å². The number of fused-ring (bicyclic) bond motifs is 1. The van der Waals surface area contributed by atoms with Crippen LogP contribution in [-0.2, 0) is 25.7 Å². The SMILES string of the molecule is CC(C)NC(=O)O[C@H]1COC(c2cc(Nc3cccc4c3CCS4(=O)=O)n[nH]2)C1. The molecule has 1 aromatic carbocycles. The molecule has 29 heavy (non-hydrogen) atoms. The Bertz CT molecular complexity index is 1020. The van der Waals surface area contributed by atoms with Crippen LogP contribution in [0.1, 0.15) is 37.6 Å². The predicted molar refractivity (Wildman–Crippen MR) is 106 cm³/mol. The fraction of sp³-hybridized carbons (Fsp3) is 0.474. The Kier molecular flexibility index (Phi) is 5.22. The summed E-state index contributed by atoms with van der Waals surface area (Å²) < 4.78 is 35.3. The highest BCUT2D eigenvalue weighted by molar-refractivity contribution is 7.91. The predicted octanol–water partition coefficient (Wildman–Crippen LogP) is 2.45. The number of hydrogen-bond acceptors (Lipinski definition) is 7. The van der Waals surface area contributed by atoms with E-state index in [1.165, 1.54) is 0 Å². The molecule has 156 valence electrons. The van der Waals surface area contributed by atoms with Gasteiger partial charge in [0.25, 0.3) is 0 Å². The van der Waals surface area contributed by atoms with Crippen LogP contribution >= 0.6 is 0 Å². The number of carbonyl (C=O) groups is 1. The van der Waals surface area contributed by atoms with Crippen molar-refractivity contribution in [2.24, 2.45) is 0 Å². The molecule has 0 saturated carbocycles. The molecule has 0 bridgehead atoms. The molecule has 1 fully saturated rings. The van der Waals surface area contributed by atoms with Gasteiger partial charge < -0.3 is 20.1 Å². The lowest BCUT2D eigenvalue weighted by molar-refractivity contribution is 0.0682. The summed E-state index contributed by atoms with van der Waals surface area (Å²) in [6, 6.07) is 7.04. The van der Waals surface area contributed by atoms with E-state index in [9.17, 15) is 13.2 Å². The fourth-order valence-electron chi connectivity index (χ4n) is 3.60. The molecule has 0 aliphatic carbocycles. The van der Waals surface area contributed by atoms with Gasteiger partial charge in [0.15, 0.2) is 15.7 Å². The van der Waals surface area contributed by atoms with E-state index in [1.807, 2.05) is 26.0 Å². The maximum atomic E-state index is 12.1. The van der Waals surface area contributed by atoms with Crippen molar-refractivity contribution in [1.29, 1.82) is 0 Å². The summed E-state index contributed by atoms with van der Waals surface area (Å²) in [6.07, 6.45) is -0.0000913. The van der Waals surface area contributed by atoms with Crippen LogP contribution < -0.4 is 10.6 Å². The summed E-state index contributed by atoms with van der Waals surface area (Å²) in [4.78, 5) is 12.1. The number of alkyl carbamates (subject to hydrolysis) is 1. The first-order chi connectivity index (χ1) is 13.8. The Labute approximate surface area is 169 Å². The average Bonchev–Trinajstić information content (AvgIpc) is 3.35. The third-order valence-corrected chi connectivity index (χ3v) is 6.73. The maximum Gasteiger partial charge on any atom is 0.407 e. The van der Waals surface area contributed by atoms with Crippen molar-refractivity contribution < 1.29 is 22.7 Å². The first-order valence-corrected chi connectivity index (χ1v) is 11.2. The van der Waals surface area contributed by atoms with Gasteiger partial charge in [-0.05, 0) is 38.0 Å². The third kappa shape index (κ3) is 4.23. The van der Waals surface area contributed by atoms with E-state index in [0.29, 0.717) is 30.2 Å². The number of rotatable bonds is 5. The number of aromatic amines is 1. The second kappa shape index (κ2) is 7.68. The molecule has 4 rings (SSSR count). The molecule has 2 aliphatic heterocycles. The van der Waals surface area contributed by atoms with Crippen LogP contribution in [0.5, 0.6) is 0 Å². The van der Waals surface area contributed by atoms with E-state index >= 15 is 0 Å². The Hall–Kier alpha value is -2.59. The minimum absolute atomic E-state index is 0.0104. The van der Waals surface area contributed by atoms with Gasteiger partial charge >= 0.3 is 6.09 Å². The van der Waals surface area contributed by atoms with Gasteiger partial charge in [0, 0.05) is 24.2 Å². The monoisotopic (exact) mass is 420 g/mol. The van der Waals surface area contributed by atoms with Crippen LogP contribution in [0.15, 0.2) is 29.2 Å². The molecule has 3 N–H and O–H groups in total. The standard InChI is InChI=1S/C19H24N4O5S/c1-11(2)20-19(24)28-12-8-16(27-10-12)15-9-18(23-22-15)21-14-4-3-5-17-13(14)6-7-29(17,25)26/h3-5,9,11-12,16H,6-8,10H2,1-2H3,(H,20,24)(H2,21,22,23)/t12-,16?/m1/s1. The highest BCUT2D eigenvalue weighted by atomic mass is 32.2. The summed E-state index contributed by atoms with van der Waals surface area (Å²) >= 11 is 0. The molecule has 2 aromatic rings. The molecule has 1 saturated heterocycles. The minimum Gasteiger partial charge on any atom is -0.444 e. The zero-order valence-electron chi connectivity index (χ0n) is 16.3. The van der Waals surface area contributed by atoms with Gasteiger partial charge in [0.1, 0.15) is 12.2 Å². The number of nitrogens with one attached hydrogen (secondary N) is 3. The van der Waals surface area contributed by atoms with Crippen LogP contribution in [0.25, 0.3) is 0 Å². The van der Waals surface area contributed by atoms with E-state index in [-0.39, 0.29) is 24.0 Å². The van der Waals surface area contributed by atoms with E-state index in [1.54, 1.807) is 12.1 Å². The first kappa shape index (κ1) is 19.7. The zero-order chi connectivity index (χ0) is 20.6. The molecule has 2 aliphatic rings. The summed E-state index contributed by atoms with van der Waals surface area (Å²) in [7, 11) is -3.19. The number of benzene rings is 1. The highest BCUT2D eigenvalue weighted by Crippen LogP contribution is 2.34. The van der Waals surface area contributed by atoms with E-state index in [2.05, 4.69) is 20.8 Å². The normalized spacial score (nSPS) is 22.4. The Morgan fingerprint density at radius 3 is 3.00 bits per heavy atom. The number of ether oxygens (including phenoxy) is 2. The van der Waals surface area contributed by atoms with Gasteiger partial charge in [-0.3, -0.25) is 5.10 Å². The van der Waals surface area contributed by atoms with Crippen molar-refractivity contribution in [2.75, 3.05) is 17.7 Å². The van der Waals surface area contributed by atoms with Gasteiger partial charge in [0.2, 0.25) is 0 Å². The second-order valence-corrected chi connectivity index (χ2v) is 9.65. The van der Waals surface area contributed by atoms with Gasteiger partial charge in [-0.15, -0.1) is 0 Å². The lowest BCUT2D eigenvalue weighted by Crippen LogP contribution is -2.33. The number of carbonyl (C=O) groups excluding carboxylic acids is 1. The average molecular weight is 420 g/mol. The maximum absolute atomic E-state index is 12.1. The number of nitrogens with zero attached hydrogens (tertiary/aromatic N) is 1. The van der Waals surface area contributed by atoms with Crippen molar-refractivity contribution >= 4 is 27.4 Å². The van der Waals surface area contributed by atoms with Gasteiger partial charge in [0.05, 0.1) is 22.9 Å². The van der Waals surface area contributed by atoms with Gasteiger partial charge in [-0.2, -0.15) is 5.10 Å². The lowest BCUT2D eigenvalue weighted by Gasteiger charge is -2.13. The lowest BCUT2D eigenvalue weighted by atomic mass is 10.1. The number of anilines is 2. The number of H-pyrrole nitrogens is 1. The van der Waals surface area contributed by atoms with Crippen molar-refractivity contribution in [3.8, 4) is 0 Å². The van der Waals surface area contributed by atoms with Crippen molar-refractivity contribution in [3.63, 3.8) is 0 Å². The number of hydrogen-bond donors (Lipinski definition) is 3. The highest BCUT2D eigenvalue weighted by Gasteiger charge is 2.31. The Morgan fingerprint density at radius 2 is 2.21 bits per heavy atom. The van der Waals surface area contributed by atoms with E-state index < -0.39 is 15.9 Å². The van der Waals surface area contributed by atoms with Gasteiger partial charge in [-0.1, -0.05) is 6.07 Å². The van der Waals surface area contributed by atoms with Crippen LogP contribution in [0.2, 0.25) is 0 Å². The Morgan fingerprint density at radius 1 is 1.38 bits per heavy atom. The molecule has 0 spiro atoms. The van der Waals surface area contributed by atoms with Crippen LogP contribution in [0.4, 0.5) is 16.3 Å². The minimum atomic E-state index is -3.19. The molecule has 0 radical (unpaired) electrons. The molecular weight excluding hydrogens is 396 g/mol. The summed E-state index contributed by atoms with van der Waals surface area (Å²) in [5.74, 6) is 0.706. The summed E-state index contributed by atoms with van der Waals surface area (Å²) in [5, 5.41) is 13.1. The van der Waals surface area contributed by atoms with Crippen molar-refractivity contribution in [1.82, 2.24) is 15.5 Å². The van der Waals surface area contributed by atoms with Crippen molar-refractivity contribution in [2.45, 2.75) is 49.8 Å². The van der Waals surface area contributed by atoms with Crippen LogP contribution in [0, 0.1) is 0 Å². The number of aromatic nitrogens is 2. The molecule has 9 nitrogen and oxygen atoms in total. The van der Waals surface area contributed by atoms with Gasteiger partial charge in [-0.25, -0.2) is 13.2 Å². The molecule has 2 atom stereocenters. The summed E-state index contributed by atoms with van der Waals surface area (Å²) in [5.41, 5.74) is 2.29. The zero-order valence-corrected chi connectivity index (χ0v) is 17.1. The number of amides is 1. The topological polar surface area (TPSA) is 122 Å². The third-order valence-electron chi connectivity index (χ3n) is 4.94. The number of sulfone groups is 1. The smallest absolute Gasteiger partial charge is 0.407 e.